The Kier molecular flexibility index (Phi) is 4.41. The summed E-state index contributed by atoms with van der Waals surface area (Å²) in [6, 6.07) is 10.5. The molecule has 0 unspecified atom stereocenters. The van der Waals surface area contributed by atoms with Crippen molar-refractivity contribution in [3.63, 3.8) is 0 Å². The van der Waals surface area contributed by atoms with Crippen LogP contribution in [-0.4, -0.2) is 36.2 Å². The van der Waals surface area contributed by atoms with Gasteiger partial charge in [-0.15, -0.1) is 0 Å². The smallest absolute Gasteiger partial charge is 0.0528 e. The van der Waals surface area contributed by atoms with Crippen molar-refractivity contribution < 1.29 is 5.11 Å². The van der Waals surface area contributed by atoms with Crippen molar-refractivity contribution in [2.75, 3.05) is 26.2 Å². The second kappa shape index (κ2) is 5.85. The Hall–Kier alpha value is -0.860. The first-order valence-corrected chi connectivity index (χ1v) is 7.05. The van der Waals surface area contributed by atoms with Gasteiger partial charge in [0, 0.05) is 12.0 Å². The summed E-state index contributed by atoms with van der Waals surface area (Å²) in [4.78, 5) is 2.53. The molecular weight excluding hydrogens is 222 g/mol. The highest BCUT2D eigenvalue weighted by Gasteiger charge is 2.35. The molecule has 18 heavy (non-hydrogen) atoms. The number of benzene rings is 1. The summed E-state index contributed by atoms with van der Waals surface area (Å²) in [5, 5.41) is 9.84. The van der Waals surface area contributed by atoms with Crippen molar-refractivity contribution in [1.29, 1.82) is 0 Å². The average Bonchev–Trinajstić information content (AvgIpc) is 2.40. The second-order valence-corrected chi connectivity index (χ2v) is 6.00. The van der Waals surface area contributed by atoms with Crippen LogP contribution in [0.15, 0.2) is 30.3 Å². The summed E-state index contributed by atoms with van der Waals surface area (Å²) < 4.78 is 0. The van der Waals surface area contributed by atoms with Crippen LogP contribution in [0.5, 0.6) is 0 Å². The Balaban J connectivity index is 2.05. The normalized spacial score (nSPS) is 20.2. The molecule has 0 radical (unpaired) electrons. The van der Waals surface area contributed by atoms with Crippen LogP contribution in [0.4, 0.5) is 0 Å². The van der Waals surface area contributed by atoms with Gasteiger partial charge in [0.2, 0.25) is 0 Å². The van der Waals surface area contributed by atoms with E-state index in [9.17, 15) is 5.11 Å². The van der Waals surface area contributed by atoms with E-state index in [1.165, 1.54) is 12.1 Å². The second-order valence-electron chi connectivity index (χ2n) is 6.00. The maximum Gasteiger partial charge on any atom is 0.0528 e. The first kappa shape index (κ1) is 13.6. The highest BCUT2D eigenvalue weighted by Crippen LogP contribution is 2.35. The van der Waals surface area contributed by atoms with Crippen molar-refractivity contribution >= 4 is 0 Å². The Morgan fingerprint density at radius 1 is 1.17 bits per heavy atom. The lowest BCUT2D eigenvalue weighted by Gasteiger charge is -2.41. The van der Waals surface area contributed by atoms with Gasteiger partial charge in [0.15, 0.2) is 0 Å². The molecule has 1 aliphatic heterocycles. The first-order chi connectivity index (χ1) is 8.66. The summed E-state index contributed by atoms with van der Waals surface area (Å²) in [7, 11) is 0. The maximum absolute atomic E-state index is 9.84. The van der Waals surface area contributed by atoms with Crippen LogP contribution in [0.2, 0.25) is 0 Å². The predicted octanol–water partition coefficient (Wildman–Crippen LogP) is 2.67. The quantitative estimate of drug-likeness (QED) is 0.884. The minimum Gasteiger partial charge on any atom is -0.395 e. The Morgan fingerprint density at radius 2 is 1.78 bits per heavy atom. The van der Waals surface area contributed by atoms with Gasteiger partial charge in [-0.3, -0.25) is 0 Å². The Morgan fingerprint density at radius 3 is 2.28 bits per heavy atom. The molecular formula is C16H25NO. The number of likely N-dealkylation sites (tertiary alicyclic amines) is 1. The monoisotopic (exact) mass is 247 g/mol. The molecule has 0 aliphatic carbocycles. The molecule has 0 aromatic heterocycles. The molecule has 1 aliphatic rings. The zero-order valence-corrected chi connectivity index (χ0v) is 11.6. The number of nitrogens with zero attached hydrogens (tertiary/aromatic N) is 1. The third-order valence-corrected chi connectivity index (χ3v) is 4.13. The topological polar surface area (TPSA) is 23.5 Å². The zero-order valence-electron chi connectivity index (χ0n) is 11.6. The molecule has 1 fully saturated rings. The molecule has 0 spiro atoms. The lowest BCUT2D eigenvalue weighted by atomic mass is 9.73. The summed E-state index contributed by atoms with van der Waals surface area (Å²) >= 11 is 0. The molecule has 100 valence electrons. The van der Waals surface area contributed by atoms with Gasteiger partial charge in [0.25, 0.3) is 0 Å². The molecule has 2 heteroatoms. The highest BCUT2D eigenvalue weighted by atomic mass is 16.3. The van der Waals surface area contributed by atoms with Crippen molar-refractivity contribution in [2.45, 2.75) is 32.1 Å². The van der Waals surface area contributed by atoms with Gasteiger partial charge < -0.3 is 10.0 Å². The summed E-state index contributed by atoms with van der Waals surface area (Å²) in [5.41, 5.74) is 1.30. The Bertz CT molecular complexity index is 353. The SMILES string of the molecule is CC(C)CN1CCC(CO)(c2ccccc2)CC1. The van der Waals surface area contributed by atoms with E-state index < -0.39 is 0 Å². The fourth-order valence-corrected chi connectivity index (χ4v) is 3.01. The molecule has 0 atom stereocenters. The van der Waals surface area contributed by atoms with Gasteiger partial charge in [-0.1, -0.05) is 44.2 Å². The molecule has 1 saturated heterocycles. The number of aliphatic hydroxyl groups excluding tert-OH is 1. The van der Waals surface area contributed by atoms with E-state index in [0.717, 1.165) is 31.8 Å². The number of piperidine rings is 1. The lowest BCUT2D eigenvalue weighted by molar-refractivity contribution is 0.0948. The van der Waals surface area contributed by atoms with E-state index in [4.69, 9.17) is 0 Å². The zero-order chi connectivity index (χ0) is 13.0. The first-order valence-electron chi connectivity index (χ1n) is 7.05. The Labute approximate surface area is 111 Å². The van der Waals surface area contributed by atoms with E-state index in [1.54, 1.807) is 0 Å². The minimum atomic E-state index is -0.00522. The van der Waals surface area contributed by atoms with Crippen LogP contribution in [0, 0.1) is 5.92 Å². The van der Waals surface area contributed by atoms with Gasteiger partial charge >= 0.3 is 0 Å². The molecule has 2 rings (SSSR count). The van der Waals surface area contributed by atoms with Gasteiger partial charge in [-0.2, -0.15) is 0 Å². The molecule has 0 amide bonds. The molecule has 1 N–H and O–H groups in total. The fraction of sp³-hybridized carbons (Fsp3) is 0.625. The molecule has 0 bridgehead atoms. The van der Waals surface area contributed by atoms with Gasteiger partial charge in [0.05, 0.1) is 6.61 Å². The standard InChI is InChI=1S/C16H25NO/c1-14(2)12-17-10-8-16(13-18,9-11-17)15-6-4-3-5-7-15/h3-7,14,18H,8-13H2,1-2H3. The predicted molar refractivity (Wildman–Crippen MR) is 75.7 cm³/mol. The van der Waals surface area contributed by atoms with E-state index in [0.29, 0.717) is 0 Å². The number of rotatable bonds is 4. The van der Waals surface area contributed by atoms with Crippen LogP contribution in [0.3, 0.4) is 0 Å². The minimum absolute atomic E-state index is 0.00522. The van der Waals surface area contributed by atoms with E-state index in [-0.39, 0.29) is 12.0 Å². The molecule has 0 saturated carbocycles. The average molecular weight is 247 g/mol. The van der Waals surface area contributed by atoms with Crippen molar-refractivity contribution in [3.8, 4) is 0 Å². The summed E-state index contributed by atoms with van der Waals surface area (Å²) in [6.07, 6.45) is 2.14. The lowest BCUT2D eigenvalue weighted by Crippen LogP contribution is -2.45. The number of aliphatic hydroxyl groups is 1. The largest absolute Gasteiger partial charge is 0.395 e. The molecule has 2 nitrogen and oxygen atoms in total. The fourth-order valence-electron chi connectivity index (χ4n) is 3.01. The van der Waals surface area contributed by atoms with Crippen LogP contribution in [-0.2, 0) is 5.41 Å². The van der Waals surface area contributed by atoms with Crippen LogP contribution in [0.25, 0.3) is 0 Å². The van der Waals surface area contributed by atoms with Crippen molar-refractivity contribution in [1.82, 2.24) is 4.90 Å². The maximum atomic E-state index is 9.84. The van der Waals surface area contributed by atoms with E-state index in [2.05, 4.69) is 43.0 Å². The van der Waals surface area contributed by atoms with Crippen LogP contribution in [0.1, 0.15) is 32.3 Å². The van der Waals surface area contributed by atoms with Crippen molar-refractivity contribution in [3.05, 3.63) is 35.9 Å². The van der Waals surface area contributed by atoms with Crippen molar-refractivity contribution in [2.24, 2.45) is 5.92 Å². The van der Waals surface area contributed by atoms with Gasteiger partial charge in [-0.05, 0) is 37.4 Å². The third-order valence-electron chi connectivity index (χ3n) is 4.13. The van der Waals surface area contributed by atoms with Gasteiger partial charge in [0.1, 0.15) is 0 Å². The number of hydrogen-bond donors (Lipinski definition) is 1. The molecule has 1 aromatic carbocycles. The van der Waals surface area contributed by atoms with E-state index >= 15 is 0 Å². The van der Waals surface area contributed by atoms with E-state index in [1.807, 2.05) is 6.07 Å². The summed E-state index contributed by atoms with van der Waals surface area (Å²) in [5.74, 6) is 0.725. The van der Waals surface area contributed by atoms with Crippen LogP contribution < -0.4 is 0 Å². The third kappa shape index (κ3) is 2.93. The van der Waals surface area contributed by atoms with Gasteiger partial charge in [-0.25, -0.2) is 0 Å². The number of hydrogen-bond acceptors (Lipinski definition) is 2. The molecule has 1 aromatic rings. The highest BCUT2D eigenvalue weighted by molar-refractivity contribution is 5.26. The summed E-state index contributed by atoms with van der Waals surface area (Å²) in [6.45, 7) is 8.19. The molecule has 1 heterocycles. The van der Waals surface area contributed by atoms with Crippen LogP contribution >= 0.6 is 0 Å².